The number of fused-ring (bicyclic) bond motifs is 1. The van der Waals surface area contributed by atoms with E-state index >= 15 is 0 Å². The molecule has 0 unspecified atom stereocenters. The van der Waals surface area contributed by atoms with Gasteiger partial charge in [0.05, 0.1) is 0 Å². The lowest BCUT2D eigenvalue weighted by atomic mass is 9.93. The van der Waals surface area contributed by atoms with Crippen molar-refractivity contribution in [3.05, 3.63) is 69.8 Å². The van der Waals surface area contributed by atoms with E-state index in [1.54, 1.807) is 0 Å². The van der Waals surface area contributed by atoms with Crippen molar-refractivity contribution < 1.29 is 4.79 Å². The van der Waals surface area contributed by atoms with Crippen LogP contribution in [0, 0.1) is 19.8 Å². The van der Waals surface area contributed by atoms with Gasteiger partial charge in [0.25, 0.3) is 5.91 Å². The molecule has 0 aromatic heterocycles. The first-order valence-corrected chi connectivity index (χ1v) is 9.84. The summed E-state index contributed by atoms with van der Waals surface area (Å²) < 4.78 is 0. The molecular formula is C24H30N2O. The van der Waals surface area contributed by atoms with Crippen molar-refractivity contribution >= 4 is 11.6 Å². The summed E-state index contributed by atoms with van der Waals surface area (Å²) >= 11 is 0. The third-order valence-corrected chi connectivity index (χ3v) is 5.47. The largest absolute Gasteiger partial charge is 0.330 e. The molecule has 1 aliphatic heterocycles. The molecule has 2 aromatic carbocycles. The Bertz CT molecular complexity index is 855. The Balaban J connectivity index is 1.89. The summed E-state index contributed by atoms with van der Waals surface area (Å²) in [6.45, 7) is 10.00. The number of aliphatic imine (C=N–C) groups is 1. The second kappa shape index (κ2) is 8.08. The van der Waals surface area contributed by atoms with E-state index in [2.05, 4.69) is 50.0 Å². The monoisotopic (exact) mass is 362 g/mol. The molecule has 1 aliphatic rings. The fraction of sp³-hybridized carbons (Fsp3) is 0.417. The molecular weight excluding hydrogens is 332 g/mol. The van der Waals surface area contributed by atoms with Crippen molar-refractivity contribution in [3.8, 4) is 0 Å². The van der Waals surface area contributed by atoms with Gasteiger partial charge in [-0.3, -0.25) is 9.79 Å². The molecule has 3 nitrogen and oxygen atoms in total. The van der Waals surface area contributed by atoms with Crippen LogP contribution in [0.25, 0.3) is 0 Å². The van der Waals surface area contributed by atoms with E-state index < -0.39 is 0 Å². The standard InChI is InChI=1S/C24H30N2O/c1-16(2)10-11-23(25-5)21-13-22(18(4)12-17(21)3)24(27)26-14-19-8-6-7-9-20(19)15-26/h6-9,12-13,16H,10-11,14-15H2,1-5H3/b25-23-. The van der Waals surface area contributed by atoms with Gasteiger partial charge >= 0.3 is 0 Å². The molecule has 0 spiro atoms. The molecule has 1 amide bonds. The molecule has 0 fully saturated rings. The van der Waals surface area contributed by atoms with Crippen LogP contribution < -0.4 is 0 Å². The van der Waals surface area contributed by atoms with E-state index in [-0.39, 0.29) is 5.91 Å². The molecule has 2 aromatic rings. The van der Waals surface area contributed by atoms with Crippen LogP contribution in [0.2, 0.25) is 0 Å². The predicted octanol–water partition coefficient (Wildman–Crippen LogP) is 5.31. The minimum atomic E-state index is 0.115. The highest BCUT2D eigenvalue weighted by Crippen LogP contribution is 2.27. The van der Waals surface area contributed by atoms with Gasteiger partial charge in [-0.25, -0.2) is 0 Å². The SMILES string of the molecule is C/N=C(/CCC(C)C)c1cc(C(=O)N2Cc3ccccc3C2)c(C)cc1C. The van der Waals surface area contributed by atoms with Crippen molar-refractivity contribution in [2.45, 2.75) is 53.6 Å². The van der Waals surface area contributed by atoms with Gasteiger partial charge in [0.1, 0.15) is 0 Å². The molecule has 27 heavy (non-hydrogen) atoms. The summed E-state index contributed by atoms with van der Waals surface area (Å²) in [5.41, 5.74) is 7.75. The first kappa shape index (κ1) is 19.3. The number of rotatable bonds is 5. The quantitative estimate of drug-likeness (QED) is 0.663. The third-order valence-electron chi connectivity index (χ3n) is 5.47. The highest BCUT2D eigenvalue weighted by Gasteiger charge is 2.25. The molecule has 142 valence electrons. The number of nitrogens with zero attached hydrogens (tertiary/aromatic N) is 2. The Kier molecular flexibility index (Phi) is 5.79. The molecule has 0 bridgehead atoms. The van der Waals surface area contributed by atoms with Crippen LogP contribution in [0.5, 0.6) is 0 Å². The van der Waals surface area contributed by atoms with Gasteiger partial charge in [0.15, 0.2) is 0 Å². The number of benzene rings is 2. The molecule has 1 heterocycles. The van der Waals surface area contributed by atoms with Gasteiger partial charge in [-0.15, -0.1) is 0 Å². The van der Waals surface area contributed by atoms with Gasteiger partial charge in [-0.2, -0.15) is 0 Å². The maximum atomic E-state index is 13.3. The van der Waals surface area contributed by atoms with Crippen LogP contribution in [0.4, 0.5) is 0 Å². The molecule has 0 saturated carbocycles. The summed E-state index contributed by atoms with van der Waals surface area (Å²) in [5.74, 6) is 0.751. The minimum Gasteiger partial charge on any atom is -0.330 e. The highest BCUT2D eigenvalue weighted by atomic mass is 16.2. The maximum Gasteiger partial charge on any atom is 0.254 e. The van der Waals surface area contributed by atoms with Crippen LogP contribution in [0.15, 0.2) is 41.4 Å². The van der Waals surface area contributed by atoms with Crippen LogP contribution >= 0.6 is 0 Å². The van der Waals surface area contributed by atoms with Crippen molar-refractivity contribution in [2.75, 3.05) is 7.05 Å². The summed E-state index contributed by atoms with van der Waals surface area (Å²) in [6, 6.07) is 12.5. The molecule has 0 N–H and O–H groups in total. The Morgan fingerprint density at radius 2 is 1.63 bits per heavy atom. The number of hydrogen-bond acceptors (Lipinski definition) is 2. The zero-order chi connectivity index (χ0) is 19.6. The van der Waals surface area contributed by atoms with Gasteiger partial charge in [0, 0.05) is 31.4 Å². The zero-order valence-electron chi connectivity index (χ0n) is 17.2. The second-order valence-electron chi connectivity index (χ2n) is 8.01. The predicted molar refractivity (Wildman–Crippen MR) is 112 cm³/mol. The van der Waals surface area contributed by atoms with Crippen molar-refractivity contribution in [1.29, 1.82) is 0 Å². The third kappa shape index (κ3) is 4.13. The Morgan fingerprint density at radius 1 is 1.04 bits per heavy atom. The topological polar surface area (TPSA) is 32.7 Å². The fourth-order valence-electron chi connectivity index (χ4n) is 3.83. The molecule has 3 rings (SSSR count). The summed E-state index contributed by atoms with van der Waals surface area (Å²) in [7, 11) is 1.85. The van der Waals surface area contributed by atoms with Crippen molar-refractivity contribution in [1.82, 2.24) is 4.90 Å². The summed E-state index contributed by atoms with van der Waals surface area (Å²) in [4.78, 5) is 19.8. The van der Waals surface area contributed by atoms with E-state index in [1.165, 1.54) is 16.7 Å². The Morgan fingerprint density at radius 3 is 2.19 bits per heavy atom. The molecule has 0 saturated heterocycles. The van der Waals surface area contributed by atoms with E-state index in [9.17, 15) is 4.79 Å². The van der Waals surface area contributed by atoms with Gasteiger partial charge in [-0.05, 0) is 66.5 Å². The van der Waals surface area contributed by atoms with Crippen LogP contribution in [-0.4, -0.2) is 23.6 Å². The van der Waals surface area contributed by atoms with Crippen molar-refractivity contribution in [2.24, 2.45) is 10.9 Å². The number of carbonyl (C=O) groups is 1. The molecule has 0 atom stereocenters. The Labute approximate surface area is 163 Å². The van der Waals surface area contributed by atoms with E-state index in [0.29, 0.717) is 19.0 Å². The lowest BCUT2D eigenvalue weighted by Crippen LogP contribution is -2.26. The van der Waals surface area contributed by atoms with E-state index in [0.717, 1.165) is 35.2 Å². The number of carbonyl (C=O) groups excluding carboxylic acids is 1. The average Bonchev–Trinajstić information content (AvgIpc) is 3.07. The van der Waals surface area contributed by atoms with Crippen LogP contribution in [-0.2, 0) is 13.1 Å². The Hall–Kier alpha value is -2.42. The fourth-order valence-corrected chi connectivity index (χ4v) is 3.83. The lowest BCUT2D eigenvalue weighted by Gasteiger charge is -2.19. The number of hydrogen-bond donors (Lipinski definition) is 0. The zero-order valence-corrected chi connectivity index (χ0v) is 17.2. The number of aryl methyl sites for hydroxylation is 2. The highest BCUT2D eigenvalue weighted by molar-refractivity contribution is 6.05. The van der Waals surface area contributed by atoms with E-state index in [4.69, 9.17) is 0 Å². The molecule has 0 radical (unpaired) electrons. The van der Waals surface area contributed by atoms with Gasteiger partial charge in [-0.1, -0.05) is 44.2 Å². The molecule has 0 aliphatic carbocycles. The van der Waals surface area contributed by atoms with Crippen molar-refractivity contribution in [3.63, 3.8) is 0 Å². The minimum absolute atomic E-state index is 0.115. The molecule has 3 heteroatoms. The number of amides is 1. The van der Waals surface area contributed by atoms with E-state index in [1.807, 2.05) is 31.0 Å². The summed E-state index contributed by atoms with van der Waals surface area (Å²) in [6.07, 6.45) is 2.05. The second-order valence-corrected chi connectivity index (χ2v) is 8.01. The van der Waals surface area contributed by atoms with Gasteiger partial charge in [0.2, 0.25) is 0 Å². The van der Waals surface area contributed by atoms with Gasteiger partial charge < -0.3 is 4.90 Å². The smallest absolute Gasteiger partial charge is 0.254 e. The lowest BCUT2D eigenvalue weighted by molar-refractivity contribution is 0.0750. The first-order valence-electron chi connectivity index (χ1n) is 9.84. The first-order chi connectivity index (χ1) is 12.9. The normalized spacial score (nSPS) is 14.0. The maximum absolute atomic E-state index is 13.3. The summed E-state index contributed by atoms with van der Waals surface area (Å²) in [5, 5.41) is 0. The van der Waals surface area contributed by atoms with Crippen LogP contribution in [0.1, 0.15) is 64.9 Å². The average molecular weight is 363 g/mol. The van der Waals surface area contributed by atoms with Crippen LogP contribution in [0.3, 0.4) is 0 Å².